The zero-order valence-electron chi connectivity index (χ0n) is 9.56. The number of aldehydes is 1. The summed E-state index contributed by atoms with van der Waals surface area (Å²) >= 11 is 0. The topological polar surface area (TPSA) is 44.1 Å². The minimum Gasteiger partial charge on any atom is -0.481 e. The Morgan fingerprint density at radius 2 is 2.06 bits per heavy atom. The number of hydrogen-bond donors (Lipinski definition) is 0. The van der Waals surface area contributed by atoms with Gasteiger partial charge in [0.15, 0.2) is 17.4 Å². The van der Waals surface area contributed by atoms with E-state index in [2.05, 4.69) is 4.98 Å². The summed E-state index contributed by atoms with van der Waals surface area (Å²) in [4.78, 5) is 14.3. The molecule has 0 radical (unpaired) electrons. The fourth-order valence-corrected chi connectivity index (χ4v) is 1.46. The molecular formula is C12H10F2N2O2. The molecule has 0 saturated carbocycles. The first-order valence-corrected chi connectivity index (χ1v) is 5.14. The molecule has 2 rings (SSSR count). The number of carbonyl (C=O) groups excluding carboxylic acids is 1. The van der Waals surface area contributed by atoms with Crippen LogP contribution in [-0.4, -0.2) is 15.8 Å². The average molecular weight is 252 g/mol. The van der Waals surface area contributed by atoms with Crippen molar-refractivity contribution in [2.45, 2.75) is 6.61 Å². The van der Waals surface area contributed by atoms with Crippen molar-refractivity contribution in [3.8, 4) is 5.75 Å². The molecule has 4 nitrogen and oxygen atoms in total. The lowest BCUT2D eigenvalue weighted by atomic mass is 10.2. The van der Waals surface area contributed by atoms with Crippen molar-refractivity contribution in [3.05, 3.63) is 47.5 Å². The van der Waals surface area contributed by atoms with Crippen molar-refractivity contribution >= 4 is 6.29 Å². The molecule has 0 aliphatic heterocycles. The number of carbonyl (C=O) groups is 1. The predicted octanol–water partition coefficient (Wildman–Crippen LogP) is 2.09. The van der Waals surface area contributed by atoms with Gasteiger partial charge in [0, 0.05) is 12.6 Å². The Morgan fingerprint density at radius 1 is 1.39 bits per heavy atom. The summed E-state index contributed by atoms with van der Waals surface area (Å²) in [5.74, 6) is -2.31. The Morgan fingerprint density at radius 3 is 2.56 bits per heavy atom. The first-order chi connectivity index (χ1) is 8.61. The van der Waals surface area contributed by atoms with Gasteiger partial charge in [-0.2, -0.15) is 0 Å². The normalized spacial score (nSPS) is 10.4. The first-order valence-electron chi connectivity index (χ1n) is 5.14. The molecule has 0 fully saturated rings. The monoisotopic (exact) mass is 252 g/mol. The van der Waals surface area contributed by atoms with Crippen LogP contribution >= 0.6 is 0 Å². The van der Waals surface area contributed by atoms with Crippen LogP contribution in [-0.2, 0) is 13.7 Å². The van der Waals surface area contributed by atoms with E-state index in [1.807, 2.05) is 0 Å². The molecule has 0 N–H and O–H groups in total. The Kier molecular flexibility index (Phi) is 3.36. The van der Waals surface area contributed by atoms with Crippen LogP contribution in [0.2, 0.25) is 0 Å². The van der Waals surface area contributed by atoms with Crippen molar-refractivity contribution < 1.29 is 18.3 Å². The van der Waals surface area contributed by atoms with Crippen LogP contribution in [0.4, 0.5) is 8.78 Å². The van der Waals surface area contributed by atoms with Gasteiger partial charge in [-0.1, -0.05) is 0 Å². The number of aryl methyl sites for hydroxylation is 1. The number of hydrogen-bond acceptors (Lipinski definition) is 3. The van der Waals surface area contributed by atoms with Crippen molar-refractivity contribution in [2.24, 2.45) is 7.05 Å². The van der Waals surface area contributed by atoms with Crippen molar-refractivity contribution in [1.29, 1.82) is 0 Å². The Bertz CT molecular complexity index is 558. The number of imidazole rings is 1. The molecule has 0 bridgehead atoms. The summed E-state index contributed by atoms with van der Waals surface area (Å²) < 4.78 is 33.7. The maximum Gasteiger partial charge on any atom is 0.191 e. The maximum absolute atomic E-state index is 13.5. The molecule has 1 heterocycles. The Balaban J connectivity index is 2.19. The van der Waals surface area contributed by atoms with E-state index >= 15 is 0 Å². The Hall–Kier alpha value is -2.24. The molecule has 0 saturated heterocycles. The van der Waals surface area contributed by atoms with Gasteiger partial charge in [-0.05, 0) is 12.1 Å². The smallest absolute Gasteiger partial charge is 0.191 e. The van der Waals surface area contributed by atoms with Gasteiger partial charge in [0.25, 0.3) is 0 Å². The van der Waals surface area contributed by atoms with Crippen LogP contribution in [0.1, 0.15) is 16.1 Å². The summed E-state index contributed by atoms with van der Waals surface area (Å²) in [5.41, 5.74) is 0.603. The fourth-order valence-electron chi connectivity index (χ4n) is 1.46. The van der Waals surface area contributed by atoms with E-state index in [1.165, 1.54) is 6.20 Å². The van der Waals surface area contributed by atoms with Gasteiger partial charge in [-0.3, -0.25) is 4.79 Å². The Labute approximate surface area is 102 Å². The van der Waals surface area contributed by atoms with E-state index in [0.717, 1.165) is 12.1 Å². The van der Waals surface area contributed by atoms with Crippen LogP contribution in [0.5, 0.6) is 5.75 Å². The molecule has 0 aliphatic carbocycles. The largest absolute Gasteiger partial charge is 0.481 e. The number of ether oxygens (including phenoxy) is 1. The predicted molar refractivity (Wildman–Crippen MR) is 59.3 cm³/mol. The van der Waals surface area contributed by atoms with Crippen LogP contribution in [0.3, 0.4) is 0 Å². The third-order valence-electron chi connectivity index (χ3n) is 2.44. The first kappa shape index (κ1) is 12.2. The van der Waals surface area contributed by atoms with Crippen LogP contribution in [0, 0.1) is 11.6 Å². The van der Waals surface area contributed by atoms with E-state index in [1.54, 1.807) is 17.9 Å². The van der Waals surface area contributed by atoms with Gasteiger partial charge in [0.05, 0.1) is 18.2 Å². The summed E-state index contributed by atoms with van der Waals surface area (Å²) in [7, 11) is 1.74. The minimum atomic E-state index is -0.903. The average Bonchev–Trinajstić information content (AvgIpc) is 2.73. The number of aromatic nitrogens is 2. The molecule has 94 valence electrons. The maximum atomic E-state index is 13.5. The zero-order chi connectivity index (χ0) is 13.1. The van der Waals surface area contributed by atoms with Crippen molar-refractivity contribution in [3.63, 3.8) is 0 Å². The fraction of sp³-hybridized carbons (Fsp3) is 0.167. The van der Waals surface area contributed by atoms with Gasteiger partial charge < -0.3 is 9.30 Å². The molecule has 0 aliphatic rings. The highest BCUT2D eigenvalue weighted by atomic mass is 19.1. The SMILES string of the molecule is Cn1cncc1COc1c(F)cc(C=O)cc1F. The number of rotatable bonds is 4. The second-order valence-electron chi connectivity index (χ2n) is 3.72. The molecule has 18 heavy (non-hydrogen) atoms. The van der Waals surface area contributed by atoms with Gasteiger partial charge in [0.1, 0.15) is 12.9 Å². The molecule has 1 aromatic heterocycles. The van der Waals surface area contributed by atoms with E-state index in [4.69, 9.17) is 4.74 Å². The van der Waals surface area contributed by atoms with Gasteiger partial charge >= 0.3 is 0 Å². The molecule has 0 unspecified atom stereocenters. The summed E-state index contributed by atoms with van der Waals surface area (Å²) in [5, 5.41) is 0. The lowest BCUT2D eigenvalue weighted by molar-refractivity contribution is 0.112. The van der Waals surface area contributed by atoms with E-state index in [-0.39, 0.29) is 12.2 Å². The summed E-state index contributed by atoms with van der Waals surface area (Å²) in [6.07, 6.45) is 3.47. The lowest BCUT2D eigenvalue weighted by Gasteiger charge is -2.09. The standard InChI is InChI=1S/C12H10F2N2O2/c1-16-7-15-4-9(16)6-18-12-10(13)2-8(5-17)3-11(12)14/h2-5,7H,6H2,1H3. The molecule has 0 amide bonds. The quantitative estimate of drug-likeness (QED) is 0.782. The molecule has 0 atom stereocenters. The lowest BCUT2D eigenvalue weighted by Crippen LogP contribution is -2.04. The molecule has 2 aromatic rings. The highest BCUT2D eigenvalue weighted by Crippen LogP contribution is 2.23. The van der Waals surface area contributed by atoms with Crippen LogP contribution < -0.4 is 4.74 Å². The highest BCUT2D eigenvalue weighted by Gasteiger charge is 2.13. The van der Waals surface area contributed by atoms with E-state index < -0.39 is 17.4 Å². The highest BCUT2D eigenvalue weighted by molar-refractivity contribution is 5.75. The summed E-state index contributed by atoms with van der Waals surface area (Å²) in [6, 6.07) is 1.85. The van der Waals surface area contributed by atoms with E-state index in [0.29, 0.717) is 12.0 Å². The number of nitrogens with zero attached hydrogens (tertiary/aromatic N) is 2. The van der Waals surface area contributed by atoms with Crippen LogP contribution in [0.25, 0.3) is 0 Å². The minimum absolute atomic E-state index is 0.00915. The van der Waals surface area contributed by atoms with Gasteiger partial charge in [-0.15, -0.1) is 0 Å². The molecule has 6 heteroatoms. The van der Waals surface area contributed by atoms with Gasteiger partial charge in [0.2, 0.25) is 0 Å². The van der Waals surface area contributed by atoms with Gasteiger partial charge in [-0.25, -0.2) is 13.8 Å². The third kappa shape index (κ3) is 2.37. The number of benzene rings is 1. The van der Waals surface area contributed by atoms with Crippen molar-refractivity contribution in [2.75, 3.05) is 0 Å². The number of halogens is 2. The van der Waals surface area contributed by atoms with E-state index in [9.17, 15) is 13.6 Å². The molecular weight excluding hydrogens is 242 g/mol. The zero-order valence-corrected chi connectivity index (χ0v) is 9.56. The summed E-state index contributed by atoms with van der Waals surface area (Å²) in [6.45, 7) is -0.00915. The molecule has 0 spiro atoms. The second kappa shape index (κ2) is 4.95. The van der Waals surface area contributed by atoms with Crippen LogP contribution in [0.15, 0.2) is 24.7 Å². The molecule has 1 aromatic carbocycles. The second-order valence-corrected chi connectivity index (χ2v) is 3.72. The van der Waals surface area contributed by atoms with Crippen molar-refractivity contribution in [1.82, 2.24) is 9.55 Å². The third-order valence-corrected chi connectivity index (χ3v) is 2.44.